The zero-order chi connectivity index (χ0) is 29.8. The molecule has 0 bridgehead atoms. The molecule has 0 saturated carbocycles. The predicted octanol–water partition coefficient (Wildman–Crippen LogP) is 3.59. The fraction of sp³-hybridized carbons (Fsp3) is 0.300. The van der Waals surface area contributed by atoms with Gasteiger partial charge in [0.2, 0.25) is 17.7 Å². The minimum absolute atomic E-state index is 0.00199. The number of aliphatic carboxylic acids is 2. The highest BCUT2D eigenvalue weighted by Gasteiger charge is 2.26. The van der Waals surface area contributed by atoms with Crippen molar-refractivity contribution in [3.63, 3.8) is 0 Å². The Hall–Kier alpha value is -4.51. The lowest BCUT2D eigenvalue weighted by atomic mass is 10.0. The Labute approximate surface area is 241 Å². The van der Waals surface area contributed by atoms with Gasteiger partial charge in [0.25, 0.3) is 0 Å². The maximum atomic E-state index is 12.8. The summed E-state index contributed by atoms with van der Waals surface area (Å²) in [6, 6.07) is 17.8. The molecule has 11 heteroatoms. The number of primary amides is 1. The van der Waals surface area contributed by atoms with Gasteiger partial charge in [-0.3, -0.25) is 24.0 Å². The zero-order valence-electron chi connectivity index (χ0n) is 22.4. The normalized spacial score (nSPS) is 12.2. The third-order valence-corrected chi connectivity index (χ3v) is 7.41. The van der Waals surface area contributed by atoms with E-state index < -0.39 is 41.7 Å². The molecule has 6 N–H and O–H groups in total. The lowest BCUT2D eigenvalue weighted by Crippen LogP contribution is -2.53. The minimum Gasteiger partial charge on any atom is -0.481 e. The first-order valence-corrected chi connectivity index (χ1v) is 14.1. The Morgan fingerprint density at radius 1 is 0.756 bits per heavy atom. The largest absolute Gasteiger partial charge is 0.481 e. The summed E-state index contributed by atoms with van der Waals surface area (Å²) in [7, 11) is 0. The maximum absolute atomic E-state index is 12.8. The Kier molecular flexibility index (Phi) is 11.6. The van der Waals surface area contributed by atoms with Crippen molar-refractivity contribution in [1.82, 2.24) is 10.6 Å². The van der Waals surface area contributed by atoms with E-state index in [9.17, 15) is 24.0 Å². The van der Waals surface area contributed by atoms with Gasteiger partial charge >= 0.3 is 11.9 Å². The summed E-state index contributed by atoms with van der Waals surface area (Å²) in [4.78, 5) is 60.2. The smallest absolute Gasteiger partial charge is 0.303 e. The van der Waals surface area contributed by atoms with E-state index in [1.807, 2.05) is 42.5 Å². The summed E-state index contributed by atoms with van der Waals surface area (Å²) in [6.07, 6.45) is -0.203. The molecule has 3 rings (SSSR count). The van der Waals surface area contributed by atoms with E-state index in [2.05, 4.69) is 34.2 Å². The second-order valence-corrected chi connectivity index (χ2v) is 10.5. The summed E-state index contributed by atoms with van der Waals surface area (Å²) in [6.45, 7) is 0. The van der Waals surface area contributed by atoms with Crippen molar-refractivity contribution in [1.29, 1.82) is 0 Å². The number of hydrogen-bond acceptors (Lipinski definition) is 6. The van der Waals surface area contributed by atoms with Gasteiger partial charge in [0.15, 0.2) is 0 Å². The number of rotatable bonds is 16. The predicted molar refractivity (Wildman–Crippen MR) is 155 cm³/mol. The van der Waals surface area contributed by atoms with Crippen LogP contribution in [0.15, 0.2) is 66.0 Å². The Morgan fingerprint density at radius 2 is 1.44 bits per heavy atom. The summed E-state index contributed by atoms with van der Waals surface area (Å²) in [5, 5.41) is 24.9. The molecule has 1 aromatic heterocycles. The van der Waals surface area contributed by atoms with Gasteiger partial charge in [-0.1, -0.05) is 54.6 Å². The molecule has 10 nitrogen and oxygen atoms in total. The fourth-order valence-corrected chi connectivity index (χ4v) is 5.11. The summed E-state index contributed by atoms with van der Waals surface area (Å²) < 4.78 is 0. The number of hydrogen-bond donors (Lipinski definition) is 5. The molecule has 41 heavy (non-hydrogen) atoms. The topological polar surface area (TPSA) is 176 Å². The van der Waals surface area contributed by atoms with Crippen molar-refractivity contribution in [2.24, 2.45) is 5.73 Å². The summed E-state index contributed by atoms with van der Waals surface area (Å²) >= 11 is 1.65. The maximum Gasteiger partial charge on any atom is 0.303 e. The number of thiophene rings is 1. The van der Waals surface area contributed by atoms with Crippen LogP contribution in [0.1, 0.15) is 44.1 Å². The van der Waals surface area contributed by atoms with Gasteiger partial charge in [-0.15, -0.1) is 11.3 Å². The number of amides is 3. The van der Waals surface area contributed by atoms with Gasteiger partial charge in [-0.25, -0.2) is 0 Å². The second kappa shape index (κ2) is 15.3. The van der Waals surface area contributed by atoms with Crippen LogP contribution in [0.5, 0.6) is 0 Å². The number of benzene rings is 2. The fourth-order valence-electron chi connectivity index (χ4n) is 4.18. The first-order chi connectivity index (χ1) is 19.6. The van der Waals surface area contributed by atoms with Gasteiger partial charge in [-0.2, -0.15) is 0 Å². The number of carbonyl (C=O) groups excluding carboxylic acids is 3. The molecule has 2 atom stereocenters. The molecule has 0 aliphatic rings. The number of nitrogens with one attached hydrogen (secondary N) is 2. The van der Waals surface area contributed by atoms with Crippen molar-refractivity contribution in [3.8, 4) is 21.6 Å². The van der Waals surface area contributed by atoms with Crippen LogP contribution in [0.2, 0.25) is 0 Å². The van der Waals surface area contributed by atoms with Crippen LogP contribution in [0.25, 0.3) is 21.6 Å². The lowest BCUT2D eigenvalue weighted by molar-refractivity contribution is -0.138. The highest BCUT2D eigenvalue weighted by molar-refractivity contribution is 7.14. The second-order valence-electron chi connectivity index (χ2n) is 9.56. The van der Waals surface area contributed by atoms with E-state index in [0.29, 0.717) is 6.42 Å². The van der Waals surface area contributed by atoms with E-state index in [4.69, 9.17) is 15.9 Å². The molecule has 0 aliphatic carbocycles. The van der Waals surface area contributed by atoms with Crippen molar-refractivity contribution in [2.75, 3.05) is 0 Å². The molecule has 2 unspecified atom stereocenters. The molecule has 3 amide bonds. The molecule has 3 aromatic rings. The van der Waals surface area contributed by atoms with Gasteiger partial charge in [0, 0.05) is 24.1 Å². The SMILES string of the molecule is NC(=O)C(CCCC(=O)O)NC(=O)C(CCC(=O)O)NC(=O)CCc1ccc(-c2cc(-c3ccccc3)cs2)cc1. The van der Waals surface area contributed by atoms with E-state index in [0.717, 1.165) is 27.1 Å². The molecule has 0 fully saturated rings. The molecule has 0 aliphatic heterocycles. The first kappa shape index (κ1) is 31.0. The third-order valence-electron chi connectivity index (χ3n) is 6.43. The van der Waals surface area contributed by atoms with Crippen LogP contribution in [0.3, 0.4) is 0 Å². The molecule has 0 radical (unpaired) electrons. The highest BCUT2D eigenvalue weighted by atomic mass is 32.1. The van der Waals surface area contributed by atoms with E-state index in [-0.39, 0.29) is 38.5 Å². The van der Waals surface area contributed by atoms with Crippen molar-refractivity contribution in [3.05, 3.63) is 71.6 Å². The van der Waals surface area contributed by atoms with Crippen LogP contribution in [0, 0.1) is 0 Å². The number of carboxylic acids is 2. The van der Waals surface area contributed by atoms with Crippen LogP contribution in [-0.4, -0.2) is 52.0 Å². The minimum atomic E-state index is -1.19. The monoisotopic (exact) mass is 579 g/mol. The average Bonchev–Trinajstić information content (AvgIpc) is 3.44. The zero-order valence-corrected chi connectivity index (χ0v) is 23.2. The number of carbonyl (C=O) groups is 5. The van der Waals surface area contributed by atoms with Crippen molar-refractivity contribution < 1.29 is 34.2 Å². The summed E-state index contributed by atoms with van der Waals surface area (Å²) in [5.41, 5.74) is 9.61. The quantitative estimate of drug-likeness (QED) is 0.172. The van der Waals surface area contributed by atoms with E-state index in [1.54, 1.807) is 11.3 Å². The van der Waals surface area contributed by atoms with Crippen molar-refractivity contribution >= 4 is 41.0 Å². The Morgan fingerprint density at radius 3 is 2.07 bits per heavy atom. The van der Waals surface area contributed by atoms with Crippen molar-refractivity contribution in [2.45, 2.75) is 57.0 Å². The first-order valence-electron chi connectivity index (χ1n) is 13.2. The van der Waals surface area contributed by atoms with E-state index >= 15 is 0 Å². The van der Waals surface area contributed by atoms with Crippen LogP contribution < -0.4 is 16.4 Å². The molecule has 216 valence electrons. The highest BCUT2D eigenvalue weighted by Crippen LogP contribution is 2.32. The molecule has 0 saturated heterocycles. The van der Waals surface area contributed by atoms with Crippen LogP contribution >= 0.6 is 11.3 Å². The molecular formula is C30H33N3O7S. The van der Waals surface area contributed by atoms with Gasteiger partial charge in [0.1, 0.15) is 12.1 Å². The van der Waals surface area contributed by atoms with Gasteiger partial charge in [0.05, 0.1) is 0 Å². The molecule has 2 aromatic carbocycles. The Balaban J connectivity index is 1.56. The molecule has 0 spiro atoms. The Bertz CT molecular complexity index is 1360. The standard InChI is InChI=1S/C30H33N3O7S/c31-29(39)23(7-4-8-27(35)36)33-30(40)24(14-16-28(37)38)32-26(34)15-11-19-9-12-21(13-10-19)25-17-22(18-41-25)20-5-2-1-3-6-20/h1-3,5-6,9-10,12-13,17-18,23-24H,4,7-8,11,14-16H2,(H2,31,39)(H,32,34)(H,33,40)(H,35,36)(H,37,38). The van der Waals surface area contributed by atoms with E-state index in [1.165, 1.54) is 0 Å². The van der Waals surface area contributed by atoms with Crippen LogP contribution in [0.4, 0.5) is 0 Å². The van der Waals surface area contributed by atoms with Gasteiger partial charge < -0.3 is 26.6 Å². The number of nitrogens with two attached hydrogens (primary N) is 1. The van der Waals surface area contributed by atoms with Crippen LogP contribution in [-0.2, 0) is 30.4 Å². The third kappa shape index (κ3) is 10.2. The molecule has 1 heterocycles. The number of aryl methyl sites for hydroxylation is 1. The summed E-state index contributed by atoms with van der Waals surface area (Å²) in [5.74, 6) is -4.26. The van der Waals surface area contributed by atoms with Gasteiger partial charge in [-0.05, 0) is 59.4 Å². The molecular weight excluding hydrogens is 546 g/mol. The number of carboxylic acid groups (broad SMARTS) is 2. The average molecular weight is 580 g/mol. The lowest BCUT2D eigenvalue weighted by Gasteiger charge is -2.21.